The van der Waals surface area contributed by atoms with Crippen LogP contribution in [0.1, 0.15) is 12.6 Å². The van der Waals surface area contributed by atoms with Crippen molar-refractivity contribution in [1.82, 2.24) is 24.7 Å². The number of rotatable bonds is 8. The SMILES string of the molecule is CCn1c(SCc2csc(-c3ccc(OC)c(OC)c3)n2)nnc1-c1ccncc1. The van der Waals surface area contributed by atoms with E-state index in [1.165, 1.54) is 0 Å². The van der Waals surface area contributed by atoms with Crippen LogP contribution < -0.4 is 9.47 Å². The van der Waals surface area contributed by atoms with E-state index in [1.807, 2.05) is 30.3 Å². The summed E-state index contributed by atoms with van der Waals surface area (Å²) in [6.07, 6.45) is 3.53. The van der Waals surface area contributed by atoms with Gasteiger partial charge >= 0.3 is 0 Å². The zero-order valence-electron chi connectivity index (χ0n) is 16.9. The molecule has 4 aromatic rings. The van der Waals surface area contributed by atoms with Crippen LogP contribution in [-0.4, -0.2) is 39.0 Å². The Morgan fingerprint density at radius 3 is 2.53 bits per heavy atom. The lowest BCUT2D eigenvalue weighted by Gasteiger charge is -2.08. The highest BCUT2D eigenvalue weighted by molar-refractivity contribution is 7.98. The molecule has 30 heavy (non-hydrogen) atoms. The lowest BCUT2D eigenvalue weighted by atomic mass is 10.2. The Bertz CT molecular complexity index is 1130. The molecular weight excluding hydrogens is 418 g/mol. The topological polar surface area (TPSA) is 75.0 Å². The van der Waals surface area contributed by atoms with Gasteiger partial charge in [-0.15, -0.1) is 21.5 Å². The second kappa shape index (κ2) is 9.27. The van der Waals surface area contributed by atoms with E-state index in [9.17, 15) is 0 Å². The molecule has 0 bridgehead atoms. The van der Waals surface area contributed by atoms with Gasteiger partial charge in [0.2, 0.25) is 0 Å². The number of nitrogens with zero attached hydrogens (tertiary/aromatic N) is 5. The molecule has 0 aliphatic carbocycles. The molecule has 0 unspecified atom stereocenters. The van der Waals surface area contributed by atoms with Gasteiger partial charge in [-0.25, -0.2) is 4.98 Å². The van der Waals surface area contributed by atoms with Crippen molar-refractivity contribution < 1.29 is 9.47 Å². The summed E-state index contributed by atoms with van der Waals surface area (Å²) in [6, 6.07) is 9.73. The van der Waals surface area contributed by atoms with Gasteiger partial charge in [0.1, 0.15) is 5.01 Å². The van der Waals surface area contributed by atoms with Gasteiger partial charge in [-0.05, 0) is 37.3 Å². The summed E-state index contributed by atoms with van der Waals surface area (Å²) in [5.74, 6) is 2.98. The number of methoxy groups -OCH3 is 2. The van der Waals surface area contributed by atoms with Crippen LogP contribution in [0.3, 0.4) is 0 Å². The van der Waals surface area contributed by atoms with E-state index in [0.717, 1.165) is 45.1 Å². The minimum Gasteiger partial charge on any atom is -0.493 e. The molecule has 3 aromatic heterocycles. The van der Waals surface area contributed by atoms with Gasteiger partial charge in [-0.3, -0.25) is 4.98 Å². The van der Waals surface area contributed by atoms with Crippen LogP contribution in [0.15, 0.2) is 53.3 Å². The summed E-state index contributed by atoms with van der Waals surface area (Å²) < 4.78 is 12.8. The zero-order chi connectivity index (χ0) is 20.9. The van der Waals surface area contributed by atoms with E-state index in [1.54, 1.807) is 49.7 Å². The number of ether oxygens (including phenoxy) is 2. The van der Waals surface area contributed by atoms with Crippen LogP contribution in [0.2, 0.25) is 0 Å². The fourth-order valence-electron chi connectivity index (χ4n) is 3.01. The van der Waals surface area contributed by atoms with E-state index < -0.39 is 0 Å². The van der Waals surface area contributed by atoms with Crippen molar-refractivity contribution in [1.29, 1.82) is 0 Å². The normalized spacial score (nSPS) is 10.9. The molecule has 9 heteroatoms. The number of aromatic nitrogens is 5. The van der Waals surface area contributed by atoms with Crippen molar-refractivity contribution in [3.63, 3.8) is 0 Å². The van der Waals surface area contributed by atoms with Gasteiger partial charge in [-0.2, -0.15) is 0 Å². The summed E-state index contributed by atoms with van der Waals surface area (Å²) in [4.78, 5) is 8.85. The predicted molar refractivity (Wildman–Crippen MR) is 119 cm³/mol. The van der Waals surface area contributed by atoms with E-state index in [-0.39, 0.29) is 0 Å². The van der Waals surface area contributed by atoms with Crippen molar-refractivity contribution in [3.05, 3.63) is 53.8 Å². The van der Waals surface area contributed by atoms with Crippen molar-refractivity contribution in [2.75, 3.05) is 14.2 Å². The van der Waals surface area contributed by atoms with Crippen LogP contribution in [-0.2, 0) is 12.3 Å². The summed E-state index contributed by atoms with van der Waals surface area (Å²) in [5, 5.41) is 12.7. The highest BCUT2D eigenvalue weighted by Crippen LogP contribution is 2.34. The van der Waals surface area contributed by atoms with Gasteiger partial charge < -0.3 is 14.0 Å². The van der Waals surface area contributed by atoms with Crippen molar-refractivity contribution in [3.8, 4) is 33.5 Å². The monoisotopic (exact) mass is 439 g/mol. The third-order valence-electron chi connectivity index (χ3n) is 4.50. The first kappa shape index (κ1) is 20.4. The molecule has 0 N–H and O–H groups in total. The van der Waals surface area contributed by atoms with Crippen molar-refractivity contribution in [2.45, 2.75) is 24.4 Å². The van der Waals surface area contributed by atoms with E-state index in [2.05, 4.69) is 32.1 Å². The molecular formula is C21H21N5O2S2. The highest BCUT2D eigenvalue weighted by Gasteiger charge is 2.15. The Morgan fingerprint density at radius 2 is 1.80 bits per heavy atom. The lowest BCUT2D eigenvalue weighted by Crippen LogP contribution is -2.00. The summed E-state index contributed by atoms with van der Waals surface area (Å²) in [6.45, 7) is 2.89. The first-order valence-electron chi connectivity index (χ1n) is 9.36. The summed E-state index contributed by atoms with van der Waals surface area (Å²) in [5.41, 5.74) is 3.02. The molecule has 0 atom stereocenters. The average Bonchev–Trinajstić information content (AvgIpc) is 3.44. The van der Waals surface area contributed by atoms with Gasteiger partial charge in [0.25, 0.3) is 0 Å². The van der Waals surface area contributed by atoms with Crippen LogP contribution in [0.4, 0.5) is 0 Å². The number of hydrogen-bond donors (Lipinski definition) is 0. The van der Waals surface area contributed by atoms with Gasteiger partial charge in [-0.1, -0.05) is 11.8 Å². The van der Waals surface area contributed by atoms with E-state index in [0.29, 0.717) is 11.5 Å². The standard InChI is InChI=1S/C21H21N5O2S2/c1-4-26-19(14-7-9-22-10-8-14)24-25-21(26)30-13-16-12-29-20(23-16)15-5-6-17(27-2)18(11-15)28-3/h5-12H,4,13H2,1-3H3. The number of pyridine rings is 1. The smallest absolute Gasteiger partial charge is 0.191 e. The molecule has 7 nitrogen and oxygen atoms in total. The first-order chi connectivity index (χ1) is 14.7. The molecule has 0 radical (unpaired) electrons. The molecule has 1 aromatic carbocycles. The maximum absolute atomic E-state index is 5.40. The Balaban J connectivity index is 1.50. The molecule has 0 aliphatic heterocycles. The molecule has 4 rings (SSSR count). The molecule has 0 fully saturated rings. The second-order valence-corrected chi connectivity index (χ2v) is 8.09. The quantitative estimate of drug-likeness (QED) is 0.365. The Kier molecular flexibility index (Phi) is 6.29. The maximum atomic E-state index is 5.40. The minimum atomic E-state index is 0.695. The molecule has 0 spiro atoms. The third kappa shape index (κ3) is 4.17. The van der Waals surface area contributed by atoms with E-state index in [4.69, 9.17) is 14.5 Å². The average molecular weight is 440 g/mol. The van der Waals surface area contributed by atoms with Gasteiger partial charge in [0.05, 0.1) is 19.9 Å². The Hall–Kier alpha value is -2.91. The van der Waals surface area contributed by atoms with Crippen molar-refractivity contribution >= 4 is 23.1 Å². The second-order valence-electron chi connectivity index (χ2n) is 6.29. The zero-order valence-corrected chi connectivity index (χ0v) is 18.5. The molecule has 0 saturated carbocycles. The fraction of sp³-hybridized carbons (Fsp3) is 0.238. The Labute approximate surface area is 183 Å². The minimum absolute atomic E-state index is 0.695. The van der Waals surface area contributed by atoms with Crippen LogP contribution in [0, 0.1) is 0 Å². The number of benzene rings is 1. The third-order valence-corrected chi connectivity index (χ3v) is 6.44. The summed E-state index contributed by atoms with van der Waals surface area (Å²) in [7, 11) is 3.26. The largest absolute Gasteiger partial charge is 0.493 e. The number of thiazole rings is 1. The van der Waals surface area contributed by atoms with E-state index >= 15 is 0 Å². The number of thioether (sulfide) groups is 1. The Morgan fingerprint density at radius 1 is 1.00 bits per heavy atom. The molecule has 0 aliphatic rings. The molecule has 0 amide bonds. The molecule has 154 valence electrons. The predicted octanol–water partition coefficient (Wildman–Crippen LogP) is 4.79. The first-order valence-corrected chi connectivity index (χ1v) is 11.2. The summed E-state index contributed by atoms with van der Waals surface area (Å²) >= 11 is 3.25. The fourth-order valence-corrected chi connectivity index (χ4v) is 4.83. The van der Waals surface area contributed by atoms with Crippen LogP contribution >= 0.6 is 23.1 Å². The maximum Gasteiger partial charge on any atom is 0.191 e. The number of hydrogen-bond acceptors (Lipinski definition) is 8. The lowest BCUT2D eigenvalue weighted by molar-refractivity contribution is 0.355. The molecule has 0 saturated heterocycles. The van der Waals surface area contributed by atoms with Gasteiger partial charge in [0, 0.05) is 41.2 Å². The molecule has 3 heterocycles. The van der Waals surface area contributed by atoms with Crippen molar-refractivity contribution in [2.24, 2.45) is 0 Å². The van der Waals surface area contributed by atoms with Crippen LogP contribution in [0.5, 0.6) is 11.5 Å². The highest BCUT2D eigenvalue weighted by atomic mass is 32.2. The van der Waals surface area contributed by atoms with Crippen LogP contribution in [0.25, 0.3) is 22.0 Å². The van der Waals surface area contributed by atoms with Gasteiger partial charge in [0.15, 0.2) is 22.5 Å².